The molecule has 1 aromatic heterocycles. The van der Waals surface area contributed by atoms with Gasteiger partial charge in [-0.15, -0.1) is 0 Å². The van der Waals surface area contributed by atoms with Gasteiger partial charge in [0.25, 0.3) is 5.91 Å². The second-order valence-electron chi connectivity index (χ2n) is 5.33. The fourth-order valence-electron chi connectivity index (χ4n) is 2.53. The number of rotatable bonds is 3. The van der Waals surface area contributed by atoms with Crippen LogP contribution in [-0.2, 0) is 9.84 Å². The maximum Gasteiger partial charge on any atom is 0.253 e. The van der Waals surface area contributed by atoms with E-state index in [4.69, 9.17) is 11.6 Å². The summed E-state index contributed by atoms with van der Waals surface area (Å²) in [5.74, 6) is -0.232. The molecule has 2 aromatic rings. The highest BCUT2D eigenvalue weighted by molar-refractivity contribution is 7.91. The third-order valence-corrected chi connectivity index (χ3v) is 5.76. The second kappa shape index (κ2) is 5.78. The molecule has 1 amide bonds. The lowest BCUT2D eigenvalue weighted by Gasteiger charge is -2.13. The molecule has 0 saturated carbocycles. The van der Waals surface area contributed by atoms with Crippen molar-refractivity contribution >= 4 is 27.3 Å². The van der Waals surface area contributed by atoms with E-state index in [-0.39, 0.29) is 23.5 Å². The molecule has 3 rings (SSSR count). The summed E-state index contributed by atoms with van der Waals surface area (Å²) in [6, 6.07) is 8.61. The first-order chi connectivity index (χ1) is 10.4. The topological polar surface area (TPSA) is 68.2 Å². The van der Waals surface area contributed by atoms with Crippen molar-refractivity contribution in [2.45, 2.75) is 12.5 Å². The normalized spacial score (nSPS) is 20.0. The van der Waals surface area contributed by atoms with Crippen LogP contribution in [0.5, 0.6) is 0 Å². The van der Waals surface area contributed by atoms with E-state index in [0.29, 0.717) is 17.0 Å². The van der Waals surface area contributed by atoms with E-state index in [1.807, 2.05) is 35.2 Å². The monoisotopic (exact) mass is 338 g/mol. The number of sulfone groups is 1. The number of nitrogens with zero attached hydrogens (tertiary/aromatic N) is 1. The van der Waals surface area contributed by atoms with Gasteiger partial charge in [-0.1, -0.05) is 11.6 Å². The maximum absolute atomic E-state index is 12.4. The molecule has 1 fully saturated rings. The third kappa shape index (κ3) is 3.18. The summed E-state index contributed by atoms with van der Waals surface area (Å²) in [6.45, 7) is 0. The van der Waals surface area contributed by atoms with Gasteiger partial charge in [0, 0.05) is 24.1 Å². The quantitative estimate of drug-likeness (QED) is 0.931. The minimum absolute atomic E-state index is 0.00630. The van der Waals surface area contributed by atoms with Gasteiger partial charge in [-0.2, -0.15) is 0 Å². The van der Waals surface area contributed by atoms with E-state index < -0.39 is 9.84 Å². The van der Waals surface area contributed by atoms with Crippen LogP contribution in [-0.4, -0.2) is 36.4 Å². The number of carbonyl (C=O) groups excluding carboxylic acids is 1. The molecule has 0 aliphatic carbocycles. The third-order valence-electron chi connectivity index (χ3n) is 3.66. The van der Waals surface area contributed by atoms with E-state index in [1.54, 1.807) is 12.1 Å². The number of aromatic nitrogens is 1. The highest BCUT2D eigenvalue weighted by atomic mass is 35.5. The van der Waals surface area contributed by atoms with Crippen LogP contribution in [0.2, 0.25) is 5.02 Å². The smallest absolute Gasteiger partial charge is 0.253 e. The number of benzene rings is 1. The molecule has 1 aliphatic heterocycles. The van der Waals surface area contributed by atoms with E-state index in [9.17, 15) is 13.2 Å². The molecule has 7 heteroatoms. The van der Waals surface area contributed by atoms with Crippen LogP contribution in [0.4, 0.5) is 0 Å². The van der Waals surface area contributed by atoms with Crippen molar-refractivity contribution in [3.63, 3.8) is 0 Å². The Morgan fingerprint density at radius 1 is 1.27 bits per heavy atom. The summed E-state index contributed by atoms with van der Waals surface area (Å²) >= 11 is 6.11. The highest BCUT2D eigenvalue weighted by Crippen LogP contribution is 2.21. The van der Waals surface area contributed by atoms with Gasteiger partial charge < -0.3 is 9.88 Å². The first-order valence-corrected chi connectivity index (χ1v) is 9.09. The number of halogens is 1. The largest absolute Gasteiger partial charge is 0.348 e. The predicted molar refractivity (Wildman–Crippen MR) is 85.3 cm³/mol. The first kappa shape index (κ1) is 15.1. The summed E-state index contributed by atoms with van der Waals surface area (Å²) < 4.78 is 24.8. The standard InChI is InChI=1S/C15H15ClN2O3S/c16-14-4-3-12(18-6-1-2-7-18)9-13(14)15(19)17-11-5-8-22(20,21)10-11/h1-4,6-7,9,11H,5,8,10H2,(H,17,19)/t11-/m0/s1. The molecular formula is C15H15ClN2O3S. The van der Waals surface area contributed by atoms with Gasteiger partial charge in [0.2, 0.25) is 0 Å². The molecule has 1 atom stereocenters. The van der Waals surface area contributed by atoms with Crippen molar-refractivity contribution in [1.82, 2.24) is 9.88 Å². The van der Waals surface area contributed by atoms with E-state index >= 15 is 0 Å². The van der Waals surface area contributed by atoms with Gasteiger partial charge in [-0.05, 0) is 36.8 Å². The van der Waals surface area contributed by atoms with Gasteiger partial charge in [0.05, 0.1) is 22.1 Å². The van der Waals surface area contributed by atoms with Crippen molar-refractivity contribution in [3.8, 4) is 5.69 Å². The maximum atomic E-state index is 12.4. The van der Waals surface area contributed by atoms with Gasteiger partial charge in [0.1, 0.15) is 0 Å². The van der Waals surface area contributed by atoms with Gasteiger partial charge >= 0.3 is 0 Å². The predicted octanol–water partition coefficient (Wildman–Crippen LogP) is 2.05. The van der Waals surface area contributed by atoms with E-state index in [1.165, 1.54) is 0 Å². The van der Waals surface area contributed by atoms with Crippen LogP contribution >= 0.6 is 11.6 Å². The first-order valence-electron chi connectivity index (χ1n) is 6.89. The number of nitrogens with one attached hydrogen (secondary N) is 1. The fourth-order valence-corrected chi connectivity index (χ4v) is 4.40. The minimum Gasteiger partial charge on any atom is -0.348 e. The molecule has 2 heterocycles. The zero-order valence-corrected chi connectivity index (χ0v) is 13.3. The fraction of sp³-hybridized carbons (Fsp3) is 0.267. The Morgan fingerprint density at radius 3 is 2.64 bits per heavy atom. The molecular weight excluding hydrogens is 324 g/mol. The Morgan fingerprint density at radius 2 is 2.00 bits per heavy atom. The summed E-state index contributed by atoms with van der Waals surface area (Å²) in [5, 5.41) is 3.09. The van der Waals surface area contributed by atoms with Crippen LogP contribution in [0.3, 0.4) is 0 Å². The average molecular weight is 339 g/mol. The molecule has 0 radical (unpaired) electrons. The molecule has 5 nitrogen and oxygen atoms in total. The minimum atomic E-state index is -3.03. The van der Waals surface area contributed by atoms with Gasteiger partial charge in [-0.25, -0.2) is 8.42 Å². The molecule has 0 unspecified atom stereocenters. The van der Waals surface area contributed by atoms with Crippen LogP contribution in [0.15, 0.2) is 42.7 Å². The molecule has 116 valence electrons. The molecule has 1 saturated heterocycles. The Bertz CT molecular complexity index is 800. The lowest BCUT2D eigenvalue weighted by molar-refractivity contribution is 0.0941. The molecule has 0 bridgehead atoms. The SMILES string of the molecule is O=C(N[C@H]1CCS(=O)(=O)C1)c1cc(-n2cccc2)ccc1Cl. The van der Waals surface area contributed by atoms with E-state index in [0.717, 1.165) is 5.69 Å². The van der Waals surface area contributed by atoms with Crippen molar-refractivity contribution in [3.05, 3.63) is 53.3 Å². The van der Waals surface area contributed by atoms with Crippen molar-refractivity contribution < 1.29 is 13.2 Å². The summed E-state index contributed by atoms with van der Waals surface area (Å²) in [4.78, 5) is 12.4. The van der Waals surface area contributed by atoms with Crippen LogP contribution in [0.1, 0.15) is 16.8 Å². The Kier molecular flexibility index (Phi) is 3.97. The molecule has 1 aliphatic rings. The Balaban J connectivity index is 1.82. The van der Waals surface area contributed by atoms with Crippen molar-refractivity contribution in [1.29, 1.82) is 0 Å². The molecule has 1 N–H and O–H groups in total. The Hall–Kier alpha value is -1.79. The van der Waals surface area contributed by atoms with E-state index in [2.05, 4.69) is 5.32 Å². The highest BCUT2D eigenvalue weighted by Gasteiger charge is 2.29. The van der Waals surface area contributed by atoms with Crippen molar-refractivity contribution in [2.24, 2.45) is 0 Å². The Labute approximate surface area is 133 Å². The lowest BCUT2D eigenvalue weighted by Crippen LogP contribution is -2.35. The lowest BCUT2D eigenvalue weighted by atomic mass is 10.1. The molecule has 22 heavy (non-hydrogen) atoms. The van der Waals surface area contributed by atoms with Crippen molar-refractivity contribution in [2.75, 3.05) is 11.5 Å². The zero-order valence-electron chi connectivity index (χ0n) is 11.7. The van der Waals surface area contributed by atoms with Gasteiger partial charge in [0.15, 0.2) is 9.84 Å². The number of carbonyl (C=O) groups is 1. The number of hydrogen-bond acceptors (Lipinski definition) is 3. The van der Waals surface area contributed by atoms with Crippen LogP contribution < -0.4 is 5.32 Å². The van der Waals surface area contributed by atoms with Crippen LogP contribution in [0, 0.1) is 0 Å². The summed E-state index contributed by atoms with van der Waals surface area (Å²) in [5.41, 5.74) is 1.16. The summed E-state index contributed by atoms with van der Waals surface area (Å²) in [6.07, 6.45) is 4.19. The number of amides is 1. The average Bonchev–Trinajstić information content (AvgIpc) is 3.09. The summed E-state index contributed by atoms with van der Waals surface area (Å²) in [7, 11) is -3.03. The molecule has 0 spiro atoms. The second-order valence-corrected chi connectivity index (χ2v) is 7.96. The van der Waals surface area contributed by atoms with Gasteiger partial charge in [-0.3, -0.25) is 4.79 Å². The molecule has 1 aromatic carbocycles. The van der Waals surface area contributed by atoms with Crippen LogP contribution in [0.25, 0.3) is 5.69 Å². The zero-order chi connectivity index (χ0) is 15.7. The number of hydrogen-bond donors (Lipinski definition) is 1.